The van der Waals surface area contributed by atoms with E-state index in [2.05, 4.69) is 24.3 Å². The van der Waals surface area contributed by atoms with Crippen molar-refractivity contribution in [2.45, 2.75) is 30.5 Å². The molecule has 2 aliphatic heterocycles. The lowest BCUT2D eigenvalue weighted by Crippen LogP contribution is -2.30. The summed E-state index contributed by atoms with van der Waals surface area (Å²) in [5.74, 6) is 0.443. The molecule has 0 saturated carbocycles. The first-order valence-electron chi connectivity index (χ1n) is 13.4. The van der Waals surface area contributed by atoms with Gasteiger partial charge in [0.05, 0.1) is 30.8 Å². The van der Waals surface area contributed by atoms with Crippen molar-refractivity contribution >= 4 is 12.3 Å². The van der Waals surface area contributed by atoms with Crippen LogP contribution in [0.1, 0.15) is 33.4 Å². The molecule has 0 bridgehead atoms. The van der Waals surface area contributed by atoms with Crippen molar-refractivity contribution in [3.63, 3.8) is 0 Å². The Hall–Kier alpha value is -4.66. The van der Waals surface area contributed by atoms with Crippen molar-refractivity contribution < 1.29 is 38.7 Å². The average Bonchev–Trinajstić information content (AvgIpc) is 3.90. The molecule has 206 valence electrons. The zero-order valence-corrected chi connectivity index (χ0v) is 21.9. The Bertz CT molecular complexity index is 1590. The van der Waals surface area contributed by atoms with E-state index in [1.165, 1.54) is 11.1 Å². The maximum Gasteiger partial charge on any atom is 0.511 e. The number of carboxylic acid groups (broad SMARTS) is 2. The largest absolute Gasteiger partial charge is 0.511 e. The molecule has 8 heteroatoms. The van der Waals surface area contributed by atoms with Crippen LogP contribution in [-0.4, -0.2) is 47.9 Å². The van der Waals surface area contributed by atoms with Crippen LogP contribution < -0.4 is 9.47 Å². The van der Waals surface area contributed by atoms with Crippen LogP contribution in [0.2, 0.25) is 0 Å². The van der Waals surface area contributed by atoms with Crippen LogP contribution in [0.5, 0.6) is 11.5 Å². The summed E-state index contributed by atoms with van der Waals surface area (Å²) in [7, 11) is 0. The fourth-order valence-electron chi connectivity index (χ4n) is 6.31. The van der Waals surface area contributed by atoms with Crippen LogP contribution >= 0.6 is 0 Å². The van der Waals surface area contributed by atoms with Crippen molar-refractivity contribution in [3.8, 4) is 22.6 Å². The molecule has 8 nitrogen and oxygen atoms in total. The van der Waals surface area contributed by atoms with E-state index in [0.717, 1.165) is 52.8 Å². The zero-order valence-electron chi connectivity index (χ0n) is 21.9. The number of carbonyl (C=O) groups is 2. The first-order valence-corrected chi connectivity index (χ1v) is 13.4. The van der Waals surface area contributed by atoms with Gasteiger partial charge in [-0.25, -0.2) is 9.59 Å². The normalized spacial score (nSPS) is 19.1. The van der Waals surface area contributed by atoms with Crippen LogP contribution in [-0.2, 0) is 27.7 Å². The molecule has 2 atom stereocenters. The minimum absolute atomic E-state index is 0.138. The summed E-state index contributed by atoms with van der Waals surface area (Å²) in [6.45, 7) is 1.46. The summed E-state index contributed by atoms with van der Waals surface area (Å²) in [6, 6.07) is 27.0. The van der Waals surface area contributed by atoms with Gasteiger partial charge in [0, 0.05) is 12.8 Å². The lowest BCUT2D eigenvalue weighted by Gasteiger charge is -2.36. The molecule has 0 aromatic heterocycles. The molecular weight excluding hydrogens is 524 g/mol. The van der Waals surface area contributed by atoms with E-state index in [-0.39, 0.29) is 23.7 Å². The van der Waals surface area contributed by atoms with Crippen LogP contribution in [0.4, 0.5) is 9.59 Å². The maximum atomic E-state index is 11.2. The molecule has 2 unspecified atom stereocenters. The highest BCUT2D eigenvalue weighted by molar-refractivity contribution is 5.88. The van der Waals surface area contributed by atoms with Crippen molar-refractivity contribution in [2.24, 2.45) is 0 Å². The first kappa shape index (κ1) is 25.3. The third-order valence-corrected chi connectivity index (χ3v) is 8.08. The number of epoxide rings is 2. The second-order valence-electron chi connectivity index (χ2n) is 10.5. The number of rotatable bonds is 8. The second kappa shape index (κ2) is 9.76. The van der Waals surface area contributed by atoms with E-state index >= 15 is 0 Å². The summed E-state index contributed by atoms with van der Waals surface area (Å²) in [4.78, 5) is 22.4. The van der Waals surface area contributed by atoms with E-state index in [1.807, 2.05) is 36.4 Å². The van der Waals surface area contributed by atoms with Crippen molar-refractivity contribution in [2.75, 3.05) is 13.2 Å². The zero-order chi connectivity index (χ0) is 28.1. The lowest BCUT2D eigenvalue weighted by molar-refractivity contribution is 0.143. The molecule has 1 aliphatic carbocycles. The quantitative estimate of drug-likeness (QED) is 0.136. The summed E-state index contributed by atoms with van der Waals surface area (Å²) in [5, 5.41) is 18.3. The standard InChI is InChI=1S/C33H26O8/c34-31(35)40-22-10-6-20(7-11-22)33(21-8-12-23(13-9-21)41-32(36)37)29-4-2-1-3-26(29)27-14-5-19(15-24-17-38-24)28(30(27)33)16-25-18-39-25/h1-14,24-25H,15-18H2,(H,34,35)(H,36,37). The van der Waals surface area contributed by atoms with Crippen LogP contribution in [0.25, 0.3) is 11.1 Å². The molecule has 4 aromatic carbocycles. The first-order chi connectivity index (χ1) is 19.9. The molecule has 0 amide bonds. The van der Waals surface area contributed by atoms with Gasteiger partial charge in [-0.3, -0.25) is 0 Å². The minimum atomic E-state index is -1.38. The van der Waals surface area contributed by atoms with Gasteiger partial charge < -0.3 is 29.2 Å². The highest BCUT2D eigenvalue weighted by Gasteiger charge is 2.48. The van der Waals surface area contributed by atoms with E-state index in [1.54, 1.807) is 24.3 Å². The summed E-state index contributed by atoms with van der Waals surface area (Å²) < 4.78 is 21.2. The smallest absolute Gasteiger partial charge is 0.449 e. The highest BCUT2D eigenvalue weighted by Crippen LogP contribution is 2.58. The third kappa shape index (κ3) is 4.51. The number of hydrogen-bond donors (Lipinski definition) is 2. The highest BCUT2D eigenvalue weighted by atomic mass is 16.7. The Morgan fingerprint density at radius 3 is 1.78 bits per heavy atom. The predicted octanol–water partition coefficient (Wildman–Crippen LogP) is 6.05. The van der Waals surface area contributed by atoms with Gasteiger partial charge in [-0.1, -0.05) is 60.7 Å². The van der Waals surface area contributed by atoms with Gasteiger partial charge in [0.15, 0.2) is 0 Å². The minimum Gasteiger partial charge on any atom is -0.449 e. The Kier molecular flexibility index (Phi) is 6.03. The molecule has 0 spiro atoms. The molecule has 3 aliphatic rings. The van der Waals surface area contributed by atoms with Gasteiger partial charge in [0.2, 0.25) is 0 Å². The Morgan fingerprint density at radius 1 is 0.707 bits per heavy atom. The van der Waals surface area contributed by atoms with Crippen molar-refractivity contribution in [1.29, 1.82) is 0 Å². The Balaban J connectivity index is 1.52. The Labute approximate surface area is 235 Å². The van der Waals surface area contributed by atoms with Gasteiger partial charge in [-0.2, -0.15) is 0 Å². The molecule has 7 rings (SSSR count). The van der Waals surface area contributed by atoms with E-state index in [0.29, 0.717) is 6.61 Å². The monoisotopic (exact) mass is 550 g/mol. The van der Waals surface area contributed by atoms with E-state index in [4.69, 9.17) is 29.2 Å². The number of benzene rings is 4. The van der Waals surface area contributed by atoms with Crippen LogP contribution in [0.3, 0.4) is 0 Å². The van der Waals surface area contributed by atoms with Crippen molar-refractivity contribution in [1.82, 2.24) is 0 Å². The average molecular weight is 551 g/mol. The molecule has 2 fully saturated rings. The van der Waals surface area contributed by atoms with Crippen molar-refractivity contribution in [3.05, 3.63) is 118 Å². The van der Waals surface area contributed by atoms with Gasteiger partial charge in [-0.15, -0.1) is 0 Å². The number of ether oxygens (including phenoxy) is 4. The molecule has 2 saturated heterocycles. The van der Waals surface area contributed by atoms with Gasteiger partial charge in [0.25, 0.3) is 0 Å². The Morgan fingerprint density at radius 2 is 1.24 bits per heavy atom. The van der Waals surface area contributed by atoms with Crippen LogP contribution in [0.15, 0.2) is 84.9 Å². The van der Waals surface area contributed by atoms with Crippen LogP contribution in [0, 0.1) is 0 Å². The summed E-state index contributed by atoms with van der Waals surface area (Å²) in [5.41, 5.74) is 7.93. The molecule has 2 N–H and O–H groups in total. The number of fused-ring (bicyclic) bond motifs is 3. The fourth-order valence-corrected chi connectivity index (χ4v) is 6.31. The predicted molar refractivity (Wildman–Crippen MR) is 148 cm³/mol. The van der Waals surface area contributed by atoms with Gasteiger partial charge in [-0.05, 0) is 68.8 Å². The fraction of sp³-hybridized carbons (Fsp3) is 0.212. The third-order valence-electron chi connectivity index (χ3n) is 8.08. The molecule has 41 heavy (non-hydrogen) atoms. The van der Waals surface area contributed by atoms with E-state index in [9.17, 15) is 9.59 Å². The number of hydrogen-bond acceptors (Lipinski definition) is 6. The van der Waals surface area contributed by atoms with Gasteiger partial charge in [0.1, 0.15) is 11.5 Å². The molecule has 4 aromatic rings. The SMILES string of the molecule is O=C(O)Oc1ccc(C2(c3ccc(OC(=O)O)cc3)c3ccccc3-c3ccc(CC4CO4)c(CC4CO4)c32)cc1. The second-order valence-corrected chi connectivity index (χ2v) is 10.5. The lowest BCUT2D eigenvalue weighted by atomic mass is 9.65. The summed E-state index contributed by atoms with van der Waals surface area (Å²) >= 11 is 0. The van der Waals surface area contributed by atoms with E-state index < -0.39 is 17.7 Å². The summed E-state index contributed by atoms with van der Waals surface area (Å²) in [6.07, 6.45) is -0.863. The topological polar surface area (TPSA) is 118 Å². The maximum absolute atomic E-state index is 11.2. The molecule has 0 radical (unpaired) electrons. The molecule has 2 heterocycles. The molecular formula is C33H26O8. The van der Waals surface area contributed by atoms with Gasteiger partial charge >= 0.3 is 12.3 Å².